The van der Waals surface area contributed by atoms with Crippen LogP contribution in [0.1, 0.15) is 12.8 Å². The molecule has 0 saturated carbocycles. The average Bonchev–Trinajstić information content (AvgIpc) is 2.51. The fourth-order valence-electron chi connectivity index (χ4n) is 2.64. The number of para-hydroxylation sites is 1. The van der Waals surface area contributed by atoms with E-state index in [-0.39, 0.29) is 0 Å². The monoisotopic (exact) mass is 331 g/mol. The number of halogens is 1. The molecule has 20 heavy (non-hydrogen) atoms. The Kier molecular flexibility index (Phi) is 4.21. The first-order valence-corrected chi connectivity index (χ1v) is 7.79. The van der Waals surface area contributed by atoms with Gasteiger partial charge in [-0.15, -0.1) is 0 Å². The lowest BCUT2D eigenvalue weighted by Crippen LogP contribution is -2.42. The molecule has 2 aromatic rings. The van der Waals surface area contributed by atoms with Crippen LogP contribution in [0.25, 0.3) is 0 Å². The van der Waals surface area contributed by atoms with Crippen LogP contribution in [0, 0.1) is 0 Å². The Bertz CT molecular complexity index is 541. The van der Waals surface area contributed by atoms with Gasteiger partial charge >= 0.3 is 0 Å². The summed E-state index contributed by atoms with van der Waals surface area (Å²) in [5.74, 6) is 0.952. The number of anilines is 2. The third kappa shape index (κ3) is 3.31. The second-order valence-corrected chi connectivity index (χ2v) is 6.04. The van der Waals surface area contributed by atoms with E-state index in [1.54, 1.807) is 0 Å². The fraction of sp³-hybridized carbons (Fsp3) is 0.312. The maximum Gasteiger partial charge on any atom is 0.126 e. The normalized spacial score (nSPS) is 18.9. The molecule has 1 aliphatic rings. The highest BCUT2D eigenvalue weighted by Gasteiger charge is 2.20. The Morgan fingerprint density at radius 3 is 2.75 bits per heavy atom. The Balaban J connectivity index is 1.65. The van der Waals surface area contributed by atoms with E-state index in [1.807, 2.05) is 18.3 Å². The second kappa shape index (κ2) is 6.27. The van der Waals surface area contributed by atoms with Crippen molar-refractivity contribution in [2.75, 3.05) is 23.3 Å². The summed E-state index contributed by atoms with van der Waals surface area (Å²) in [6.45, 7) is 2.16. The molecule has 0 bridgehead atoms. The van der Waals surface area contributed by atoms with Gasteiger partial charge in [0.25, 0.3) is 0 Å². The van der Waals surface area contributed by atoms with E-state index in [9.17, 15) is 0 Å². The summed E-state index contributed by atoms with van der Waals surface area (Å²) in [5, 5.41) is 3.53. The number of aromatic nitrogens is 1. The number of hydrogen-bond acceptors (Lipinski definition) is 3. The van der Waals surface area contributed by atoms with Crippen molar-refractivity contribution >= 4 is 27.4 Å². The highest BCUT2D eigenvalue weighted by atomic mass is 79.9. The summed E-state index contributed by atoms with van der Waals surface area (Å²) in [6, 6.07) is 15.1. The third-order valence-corrected chi connectivity index (χ3v) is 4.09. The Morgan fingerprint density at radius 1 is 1.15 bits per heavy atom. The summed E-state index contributed by atoms with van der Waals surface area (Å²) in [4.78, 5) is 6.84. The molecule has 1 aromatic heterocycles. The fourth-order valence-corrected chi connectivity index (χ4v) is 2.87. The van der Waals surface area contributed by atoms with E-state index in [2.05, 4.69) is 61.5 Å². The molecule has 2 heterocycles. The largest absolute Gasteiger partial charge is 0.369 e. The van der Waals surface area contributed by atoms with Crippen LogP contribution in [0.4, 0.5) is 11.5 Å². The van der Waals surface area contributed by atoms with Crippen LogP contribution in [0.5, 0.6) is 0 Å². The van der Waals surface area contributed by atoms with Crippen LogP contribution >= 0.6 is 15.9 Å². The molecule has 0 radical (unpaired) electrons. The van der Waals surface area contributed by atoms with Gasteiger partial charge in [-0.25, -0.2) is 4.98 Å². The van der Waals surface area contributed by atoms with Crippen molar-refractivity contribution in [1.82, 2.24) is 4.98 Å². The molecular weight excluding hydrogens is 314 g/mol. The number of hydrogen-bond donors (Lipinski definition) is 1. The quantitative estimate of drug-likeness (QED) is 0.923. The maximum absolute atomic E-state index is 4.39. The van der Waals surface area contributed by atoms with Gasteiger partial charge in [0.05, 0.1) is 0 Å². The van der Waals surface area contributed by atoms with Crippen molar-refractivity contribution in [3.63, 3.8) is 0 Å². The Hall–Kier alpha value is -1.55. The standard InChI is InChI=1S/C16H18BrN3/c17-13-8-9-16(18-11-13)19-14-5-4-10-20(12-14)15-6-2-1-3-7-15/h1-3,6-9,11,14H,4-5,10,12H2,(H,18,19). The van der Waals surface area contributed by atoms with Crippen LogP contribution in [0.2, 0.25) is 0 Å². The van der Waals surface area contributed by atoms with Gasteiger partial charge in [-0.05, 0) is 53.0 Å². The first-order chi connectivity index (χ1) is 9.81. The lowest BCUT2D eigenvalue weighted by atomic mass is 10.0. The molecule has 1 saturated heterocycles. The molecule has 104 valence electrons. The minimum absolute atomic E-state index is 0.456. The molecule has 3 nitrogen and oxygen atoms in total. The first-order valence-electron chi connectivity index (χ1n) is 6.99. The van der Waals surface area contributed by atoms with Gasteiger partial charge in [0.2, 0.25) is 0 Å². The van der Waals surface area contributed by atoms with Gasteiger partial charge in [0.1, 0.15) is 5.82 Å². The number of nitrogens with one attached hydrogen (secondary N) is 1. The first kappa shape index (κ1) is 13.4. The van der Waals surface area contributed by atoms with E-state index in [0.717, 1.165) is 23.4 Å². The van der Waals surface area contributed by atoms with Crippen LogP contribution in [-0.4, -0.2) is 24.1 Å². The Morgan fingerprint density at radius 2 is 2.00 bits per heavy atom. The van der Waals surface area contributed by atoms with Crippen molar-refractivity contribution in [1.29, 1.82) is 0 Å². The highest BCUT2D eigenvalue weighted by Crippen LogP contribution is 2.21. The molecule has 0 aliphatic carbocycles. The number of pyridine rings is 1. The van der Waals surface area contributed by atoms with Gasteiger partial charge in [0, 0.05) is 35.5 Å². The van der Waals surface area contributed by atoms with Crippen molar-refractivity contribution in [3.8, 4) is 0 Å². The lowest BCUT2D eigenvalue weighted by molar-refractivity contribution is 0.529. The minimum atomic E-state index is 0.456. The summed E-state index contributed by atoms with van der Waals surface area (Å²) < 4.78 is 1.01. The van der Waals surface area contributed by atoms with Crippen molar-refractivity contribution in [3.05, 3.63) is 53.1 Å². The summed E-state index contributed by atoms with van der Waals surface area (Å²) in [7, 11) is 0. The molecule has 0 spiro atoms. The van der Waals surface area contributed by atoms with Crippen LogP contribution in [0.15, 0.2) is 53.1 Å². The van der Waals surface area contributed by atoms with E-state index >= 15 is 0 Å². The molecule has 0 amide bonds. The zero-order valence-corrected chi connectivity index (χ0v) is 12.9. The summed E-state index contributed by atoms with van der Waals surface area (Å²) in [6.07, 6.45) is 4.24. The van der Waals surface area contributed by atoms with Crippen LogP contribution < -0.4 is 10.2 Å². The van der Waals surface area contributed by atoms with E-state index in [0.29, 0.717) is 6.04 Å². The predicted molar refractivity (Wildman–Crippen MR) is 87.2 cm³/mol. The number of nitrogens with zero attached hydrogens (tertiary/aromatic N) is 2. The molecule has 1 N–H and O–H groups in total. The molecule has 1 aliphatic heterocycles. The maximum atomic E-state index is 4.39. The Labute approximate surface area is 128 Å². The van der Waals surface area contributed by atoms with E-state index < -0.39 is 0 Å². The number of piperidine rings is 1. The van der Waals surface area contributed by atoms with Crippen molar-refractivity contribution in [2.45, 2.75) is 18.9 Å². The van der Waals surface area contributed by atoms with Gasteiger partial charge in [-0.3, -0.25) is 0 Å². The zero-order chi connectivity index (χ0) is 13.8. The van der Waals surface area contributed by atoms with E-state index in [4.69, 9.17) is 0 Å². The molecule has 1 fully saturated rings. The SMILES string of the molecule is Brc1ccc(NC2CCCN(c3ccccc3)C2)nc1. The number of benzene rings is 1. The molecule has 4 heteroatoms. The smallest absolute Gasteiger partial charge is 0.126 e. The zero-order valence-electron chi connectivity index (χ0n) is 11.3. The van der Waals surface area contributed by atoms with Crippen LogP contribution in [0.3, 0.4) is 0 Å². The topological polar surface area (TPSA) is 28.2 Å². The minimum Gasteiger partial charge on any atom is -0.369 e. The third-order valence-electron chi connectivity index (χ3n) is 3.62. The van der Waals surface area contributed by atoms with Gasteiger partial charge < -0.3 is 10.2 Å². The second-order valence-electron chi connectivity index (χ2n) is 5.13. The van der Waals surface area contributed by atoms with E-state index in [1.165, 1.54) is 18.5 Å². The highest BCUT2D eigenvalue weighted by molar-refractivity contribution is 9.10. The van der Waals surface area contributed by atoms with Gasteiger partial charge in [-0.2, -0.15) is 0 Å². The van der Waals surface area contributed by atoms with Crippen molar-refractivity contribution < 1.29 is 0 Å². The van der Waals surface area contributed by atoms with Crippen LogP contribution in [-0.2, 0) is 0 Å². The molecule has 3 rings (SSSR count). The summed E-state index contributed by atoms with van der Waals surface area (Å²) >= 11 is 3.41. The van der Waals surface area contributed by atoms with Gasteiger partial charge in [-0.1, -0.05) is 18.2 Å². The van der Waals surface area contributed by atoms with Gasteiger partial charge in [0.15, 0.2) is 0 Å². The molecule has 1 unspecified atom stereocenters. The van der Waals surface area contributed by atoms with Crippen molar-refractivity contribution in [2.24, 2.45) is 0 Å². The molecule has 1 atom stereocenters. The predicted octanol–water partition coefficient (Wildman–Crippen LogP) is 3.93. The summed E-state index contributed by atoms with van der Waals surface area (Å²) in [5.41, 5.74) is 1.31. The molecular formula is C16H18BrN3. The molecule has 1 aromatic carbocycles. The average molecular weight is 332 g/mol. The number of rotatable bonds is 3. The lowest BCUT2D eigenvalue weighted by Gasteiger charge is -2.35.